The number of ketones is 1. The highest BCUT2D eigenvalue weighted by atomic mass is 32.1. The summed E-state index contributed by atoms with van der Waals surface area (Å²) in [7, 11) is 3.18. The summed E-state index contributed by atoms with van der Waals surface area (Å²) in [6.07, 6.45) is 3.16. The minimum atomic E-state index is -0.510. The number of nitrogens with one attached hydrogen (secondary N) is 1. The zero-order valence-electron chi connectivity index (χ0n) is 19.5. The fourth-order valence-electron chi connectivity index (χ4n) is 3.64. The van der Waals surface area contributed by atoms with Crippen LogP contribution in [0.5, 0.6) is 11.5 Å². The SMILES string of the molecule is COc1cc(OC)c(-c2cc3ccccc3s2)cc1C=CC(=O)c1ccc(C(=O)NC(C)=O)cc1. The molecule has 0 aliphatic rings. The lowest BCUT2D eigenvalue weighted by molar-refractivity contribution is -0.118. The Morgan fingerprint density at radius 1 is 0.857 bits per heavy atom. The van der Waals surface area contributed by atoms with Gasteiger partial charge >= 0.3 is 0 Å². The summed E-state index contributed by atoms with van der Waals surface area (Å²) in [5, 5.41) is 3.35. The maximum Gasteiger partial charge on any atom is 0.257 e. The number of carbonyl (C=O) groups is 3. The first-order valence-corrected chi connectivity index (χ1v) is 11.6. The highest BCUT2D eigenvalue weighted by Crippen LogP contribution is 2.41. The van der Waals surface area contributed by atoms with Crippen LogP contribution < -0.4 is 14.8 Å². The molecule has 1 N–H and O–H groups in total. The Morgan fingerprint density at radius 3 is 2.20 bits per heavy atom. The second-order valence-corrected chi connectivity index (χ2v) is 8.81. The van der Waals surface area contributed by atoms with Crippen molar-refractivity contribution in [1.29, 1.82) is 0 Å². The van der Waals surface area contributed by atoms with Crippen molar-refractivity contribution in [2.75, 3.05) is 14.2 Å². The second-order valence-electron chi connectivity index (χ2n) is 7.73. The molecule has 4 aromatic rings. The van der Waals surface area contributed by atoms with E-state index in [0.717, 1.165) is 21.4 Å². The van der Waals surface area contributed by atoms with Gasteiger partial charge in [0.05, 0.1) is 14.2 Å². The van der Waals surface area contributed by atoms with Crippen molar-refractivity contribution in [2.24, 2.45) is 0 Å². The van der Waals surface area contributed by atoms with Crippen molar-refractivity contribution in [3.8, 4) is 21.9 Å². The van der Waals surface area contributed by atoms with Gasteiger partial charge in [-0.15, -0.1) is 11.3 Å². The van der Waals surface area contributed by atoms with Crippen LogP contribution in [0.4, 0.5) is 0 Å². The third-order valence-electron chi connectivity index (χ3n) is 5.38. The van der Waals surface area contributed by atoms with Gasteiger partial charge in [-0.1, -0.05) is 30.3 Å². The summed E-state index contributed by atoms with van der Waals surface area (Å²) in [5.74, 6) is 0.0680. The Kier molecular flexibility index (Phi) is 7.08. The summed E-state index contributed by atoms with van der Waals surface area (Å²) in [5.41, 5.74) is 2.34. The lowest BCUT2D eigenvalue weighted by Crippen LogP contribution is -2.27. The van der Waals surface area contributed by atoms with Gasteiger partial charge in [-0.2, -0.15) is 0 Å². The molecule has 7 heteroatoms. The molecule has 0 spiro atoms. The number of ether oxygens (including phenoxy) is 2. The van der Waals surface area contributed by atoms with Gasteiger partial charge in [-0.05, 0) is 47.9 Å². The first-order chi connectivity index (χ1) is 16.9. The van der Waals surface area contributed by atoms with Crippen molar-refractivity contribution in [2.45, 2.75) is 6.92 Å². The Labute approximate surface area is 206 Å². The molecule has 3 aromatic carbocycles. The molecular formula is C28H23NO5S. The van der Waals surface area contributed by atoms with Gasteiger partial charge in [-0.25, -0.2) is 0 Å². The molecule has 0 radical (unpaired) electrons. The Morgan fingerprint density at radius 2 is 1.54 bits per heavy atom. The summed E-state index contributed by atoms with van der Waals surface area (Å²) in [6, 6.07) is 20.2. The number of hydrogen-bond donors (Lipinski definition) is 1. The average Bonchev–Trinajstić information content (AvgIpc) is 3.30. The molecule has 0 bridgehead atoms. The van der Waals surface area contributed by atoms with E-state index in [2.05, 4.69) is 23.5 Å². The third kappa shape index (κ3) is 5.31. The van der Waals surface area contributed by atoms with Crippen molar-refractivity contribution in [3.05, 3.63) is 89.5 Å². The first-order valence-electron chi connectivity index (χ1n) is 10.8. The van der Waals surface area contributed by atoms with Gasteiger partial charge in [0, 0.05) is 44.8 Å². The van der Waals surface area contributed by atoms with E-state index in [-0.39, 0.29) is 5.78 Å². The number of methoxy groups -OCH3 is 2. The average molecular weight is 486 g/mol. The van der Waals surface area contributed by atoms with Gasteiger partial charge in [0.25, 0.3) is 5.91 Å². The predicted molar refractivity (Wildman–Crippen MR) is 138 cm³/mol. The second kappa shape index (κ2) is 10.4. The molecule has 0 aliphatic carbocycles. The van der Waals surface area contributed by atoms with E-state index in [1.165, 1.54) is 29.8 Å². The van der Waals surface area contributed by atoms with E-state index in [9.17, 15) is 14.4 Å². The van der Waals surface area contributed by atoms with E-state index < -0.39 is 11.8 Å². The highest BCUT2D eigenvalue weighted by molar-refractivity contribution is 7.22. The van der Waals surface area contributed by atoms with Crippen LogP contribution in [0.2, 0.25) is 0 Å². The van der Waals surface area contributed by atoms with Gasteiger partial charge < -0.3 is 9.47 Å². The molecule has 1 heterocycles. The monoisotopic (exact) mass is 485 g/mol. The van der Waals surface area contributed by atoms with Crippen LogP contribution in [0.1, 0.15) is 33.2 Å². The van der Waals surface area contributed by atoms with Crippen LogP contribution in [0.15, 0.2) is 72.8 Å². The lowest BCUT2D eigenvalue weighted by Gasteiger charge is -2.12. The minimum Gasteiger partial charge on any atom is -0.496 e. The maximum absolute atomic E-state index is 12.8. The number of hydrogen-bond acceptors (Lipinski definition) is 6. The summed E-state index contributed by atoms with van der Waals surface area (Å²) in [6.45, 7) is 1.26. The highest BCUT2D eigenvalue weighted by Gasteiger charge is 2.15. The van der Waals surface area contributed by atoms with Crippen LogP contribution in [0.25, 0.3) is 26.6 Å². The number of thiophene rings is 1. The van der Waals surface area contributed by atoms with E-state index >= 15 is 0 Å². The molecular weight excluding hydrogens is 462 g/mol. The summed E-state index contributed by atoms with van der Waals surface area (Å²) < 4.78 is 12.3. The van der Waals surface area contributed by atoms with E-state index in [0.29, 0.717) is 22.6 Å². The normalized spacial score (nSPS) is 10.9. The van der Waals surface area contributed by atoms with Crippen molar-refractivity contribution in [3.63, 3.8) is 0 Å². The van der Waals surface area contributed by atoms with Crippen molar-refractivity contribution in [1.82, 2.24) is 5.32 Å². The van der Waals surface area contributed by atoms with Gasteiger partial charge in [0.1, 0.15) is 11.5 Å². The van der Waals surface area contributed by atoms with Crippen LogP contribution in [0.3, 0.4) is 0 Å². The fourth-order valence-corrected chi connectivity index (χ4v) is 4.72. The van der Waals surface area contributed by atoms with Crippen LogP contribution in [-0.2, 0) is 4.79 Å². The number of carbonyl (C=O) groups excluding carboxylic acids is 3. The standard InChI is InChI=1S/C28H23NO5S/c1-17(30)29-28(32)19-10-8-18(9-11-19)23(31)13-12-20-14-22(25(34-3)16-24(20)33-2)27-15-21-6-4-5-7-26(21)35-27/h4-16H,1-3H3,(H,29,30,32). The Bertz CT molecular complexity index is 1420. The molecule has 0 saturated carbocycles. The largest absolute Gasteiger partial charge is 0.496 e. The molecule has 0 unspecified atom stereocenters. The summed E-state index contributed by atoms with van der Waals surface area (Å²) in [4.78, 5) is 36.8. The maximum atomic E-state index is 12.8. The smallest absolute Gasteiger partial charge is 0.257 e. The molecule has 2 amide bonds. The van der Waals surface area contributed by atoms with E-state index in [4.69, 9.17) is 9.47 Å². The van der Waals surface area contributed by atoms with Crippen LogP contribution in [-0.4, -0.2) is 31.8 Å². The number of imide groups is 1. The molecule has 0 saturated heterocycles. The fraction of sp³-hybridized carbons (Fsp3) is 0.107. The van der Waals surface area contributed by atoms with Crippen molar-refractivity contribution >= 4 is 45.1 Å². The molecule has 6 nitrogen and oxygen atoms in total. The van der Waals surface area contributed by atoms with Crippen molar-refractivity contribution < 1.29 is 23.9 Å². The molecule has 4 rings (SSSR count). The van der Waals surface area contributed by atoms with Gasteiger partial charge in [-0.3, -0.25) is 19.7 Å². The first kappa shape index (κ1) is 23.9. The Balaban J connectivity index is 1.63. The van der Waals surface area contributed by atoms with Crippen LogP contribution in [0, 0.1) is 0 Å². The van der Waals surface area contributed by atoms with E-state index in [1.54, 1.807) is 43.8 Å². The molecule has 176 valence electrons. The number of fused-ring (bicyclic) bond motifs is 1. The molecule has 0 atom stereocenters. The molecule has 0 fully saturated rings. The molecule has 35 heavy (non-hydrogen) atoms. The minimum absolute atomic E-state index is 0.232. The topological polar surface area (TPSA) is 81.7 Å². The third-order valence-corrected chi connectivity index (χ3v) is 6.53. The Hall–Kier alpha value is -4.23. The number of rotatable bonds is 7. The van der Waals surface area contributed by atoms with Gasteiger partial charge in [0.2, 0.25) is 5.91 Å². The summed E-state index contributed by atoms with van der Waals surface area (Å²) >= 11 is 1.66. The predicted octanol–water partition coefficient (Wildman–Crippen LogP) is 5.76. The number of allylic oxidation sites excluding steroid dienone is 1. The number of amides is 2. The molecule has 1 aromatic heterocycles. The van der Waals surface area contributed by atoms with E-state index in [1.807, 2.05) is 24.3 Å². The van der Waals surface area contributed by atoms with Gasteiger partial charge in [0.15, 0.2) is 5.78 Å². The quantitative estimate of drug-likeness (QED) is 0.266. The lowest BCUT2D eigenvalue weighted by atomic mass is 10.0. The number of benzene rings is 3. The molecule has 0 aliphatic heterocycles. The zero-order valence-corrected chi connectivity index (χ0v) is 20.3. The zero-order chi connectivity index (χ0) is 24.9. The van der Waals surface area contributed by atoms with Crippen LogP contribution >= 0.6 is 11.3 Å².